The normalized spacial score (nSPS) is 17.0. The van der Waals surface area contributed by atoms with Crippen LogP contribution in [0, 0.1) is 5.82 Å². The summed E-state index contributed by atoms with van der Waals surface area (Å²) in [4.78, 5) is 0. The molecule has 104 valence electrons. The zero-order valence-electron chi connectivity index (χ0n) is 9.80. The van der Waals surface area contributed by atoms with Gasteiger partial charge in [0.15, 0.2) is 0 Å². The molecule has 0 spiro atoms. The van der Waals surface area contributed by atoms with Crippen LogP contribution in [0.1, 0.15) is 23.6 Å². The van der Waals surface area contributed by atoms with Crippen molar-refractivity contribution in [1.82, 2.24) is 5.43 Å². The van der Waals surface area contributed by atoms with Crippen molar-refractivity contribution in [3.63, 3.8) is 0 Å². The second-order valence-electron chi connectivity index (χ2n) is 4.05. The van der Waals surface area contributed by atoms with E-state index in [0.29, 0.717) is 24.9 Å². The first-order valence-corrected chi connectivity index (χ1v) is 5.59. The zero-order valence-corrected chi connectivity index (χ0v) is 9.80. The van der Waals surface area contributed by atoms with E-state index in [1.54, 1.807) is 6.08 Å². The van der Waals surface area contributed by atoms with Crippen LogP contribution in [0.25, 0.3) is 0 Å². The molecule has 0 saturated heterocycles. The number of benzene rings is 1. The van der Waals surface area contributed by atoms with E-state index in [9.17, 15) is 17.6 Å². The highest BCUT2D eigenvalue weighted by atomic mass is 19.4. The van der Waals surface area contributed by atoms with E-state index in [1.165, 1.54) is 6.07 Å². The number of nitrogens with two attached hydrogens (primary N) is 1. The molecule has 0 amide bonds. The number of halogens is 4. The minimum absolute atomic E-state index is 0.189. The molecule has 2 rings (SSSR count). The van der Waals surface area contributed by atoms with Crippen LogP contribution < -0.4 is 11.3 Å². The fourth-order valence-corrected chi connectivity index (χ4v) is 1.95. The fraction of sp³-hybridized carbons (Fsp3) is 0.333. The van der Waals surface area contributed by atoms with Gasteiger partial charge in [-0.05, 0) is 12.1 Å². The van der Waals surface area contributed by atoms with Crippen molar-refractivity contribution in [1.29, 1.82) is 0 Å². The van der Waals surface area contributed by atoms with E-state index in [0.717, 1.165) is 6.07 Å². The molecule has 1 unspecified atom stereocenters. The van der Waals surface area contributed by atoms with Gasteiger partial charge in [0.25, 0.3) is 0 Å². The van der Waals surface area contributed by atoms with Crippen LogP contribution >= 0.6 is 0 Å². The highest BCUT2D eigenvalue weighted by molar-refractivity contribution is 5.34. The summed E-state index contributed by atoms with van der Waals surface area (Å²) in [6, 6.07) is 2.15. The second-order valence-corrected chi connectivity index (χ2v) is 4.05. The predicted octanol–water partition coefficient (Wildman–Crippen LogP) is 2.65. The maximum Gasteiger partial charge on any atom is 0.419 e. The maximum atomic E-state index is 14.0. The molecule has 1 atom stereocenters. The minimum Gasteiger partial charge on any atom is -0.496 e. The highest BCUT2D eigenvalue weighted by Gasteiger charge is 2.36. The Morgan fingerprint density at radius 3 is 2.58 bits per heavy atom. The predicted molar refractivity (Wildman–Crippen MR) is 60.1 cm³/mol. The van der Waals surface area contributed by atoms with E-state index in [1.807, 2.05) is 0 Å². The van der Waals surface area contributed by atoms with Crippen LogP contribution in [-0.4, -0.2) is 6.61 Å². The lowest BCUT2D eigenvalue weighted by molar-refractivity contribution is -0.140. The molecule has 1 aliphatic heterocycles. The van der Waals surface area contributed by atoms with Gasteiger partial charge in [0.2, 0.25) is 0 Å². The molecule has 0 aliphatic carbocycles. The monoisotopic (exact) mass is 276 g/mol. The van der Waals surface area contributed by atoms with Gasteiger partial charge in [0.05, 0.1) is 12.2 Å². The summed E-state index contributed by atoms with van der Waals surface area (Å²) in [5.74, 6) is 4.29. The first-order chi connectivity index (χ1) is 8.95. The molecule has 1 aromatic rings. The van der Waals surface area contributed by atoms with Crippen LogP contribution in [0.5, 0.6) is 0 Å². The van der Waals surface area contributed by atoms with Gasteiger partial charge < -0.3 is 4.74 Å². The van der Waals surface area contributed by atoms with Crippen molar-refractivity contribution in [3.05, 3.63) is 47.0 Å². The molecule has 1 heterocycles. The lowest BCUT2D eigenvalue weighted by Crippen LogP contribution is -2.31. The van der Waals surface area contributed by atoms with Crippen molar-refractivity contribution in [2.24, 2.45) is 5.84 Å². The Bertz CT molecular complexity index is 499. The van der Waals surface area contributed by atoms with E-state index in [2.05, 4.69) is 5.43 Å². The number of nitrogens with one attached hydrogen (secondary N) is 1. The van der Waals surface area contributed by atoms with E-state index in [-0.39, 0.29) is 5.56 Å². The van der Waals surface area contributed by atoms with Crippen LogP contribution in [0.2, 0.25) is 0 Å². The van der Waals surface area contributed by atoms with Gasteiger partial charge in [-0.2, -0.15) is 13.2 Å². The Labute approximate surface area is 107 Å². The van der Waals surface area contributed by atoms with Crippen molar-refractivity contribution < 1.29 is 22.3 Å². The summed E-state index contributed by atoms with van der Waals surface area (Å²) in [5, 5.41) is 0. The average Bonchev–Trinajstić information content (AvgIpc) is 2.84. The first kappa shape index (κ1) is 13.8. The third-order valence-electron chi connectivity index (χ3n) is 2.83. The number of rotatable bonds is 3. The Morgan fingerprint density at radius 1 is 1.32 bits per heavy atom. The molecule has 0 saturated carbocycles. The lowest BCUT2D eigenvalue weighted by atomic mass is 10.0. The first-order valence-electron chi connectivity index (χ1n) is 5.59. The maximum absolute atomic E-state index is 14.0. The summed E-state index contributed by atoms with van der Waals surface area (Å²) in [5.41, 5.74) is 0.774. The molecule has 19 heavy (non-hydrogen) atoms. The van der Waals surface area contributed by atoms with Crippen LogP contribution in [0.3, 0.4) is 0 Å². The van der Waals surface area contributed by atoms with Crippen molar-refractivity contribution in [2.45, 2.75) is 18.6 Å². The van der Waals surface area contributed by atoms with Gasteiger partial charge in [-0.3, -0.25) is 5.84 Å². The molecule has 1 aliphatic rings. The van der Waals surface area contributed by atoms with Crippen LogP contribution in [-0.2, 0) is 10.9 Å². The van der Waals surface area contributed by atoms with Gasteiger partial charge in [0, 0.05) is 12.0 Å². The summed E-state index contributed by atoms with van der Waals surface area (Å²) >= 11 is 0. The fourth-order valence-electron chi connectivity index (χ4n) is 1.95. The minimum atomic E-state index is -4.75. The standard InChI is InChI=1S/C12H12F4N2O/c13-10-7(3-1-4-8(10)12(14,15)16)11(18-17)9-5-2-6-19-9/h1,3-5,11,18H,2,6,17H2. The number of hydrazine groups is 1. The van der Waals surface area contributed by atoms with Crippen LogP contribution in [0.15, 0.2) is 30.0 Å². The molecule has 0 aromatic heterocycles. The molecule has 3 N–H and O–H groups in total. The van der Waals surface area contributed by atoms with Gasteiger partial charge in [-0.1, -0.05) is 12.1 Å². The summed E-state index contributed by atoms with van der Waals surface area (Å²) in [6.07, 6.45) is -2.46. The van der Waals surface area contributed by atoms with E-state index >= 15 is 0 Å². The average molecular weight is 276 g/mol. The third-order valence-corrected chi connectivity index (χ3v) is 2.83. The number of hydrogen-bond acceptors (Lipinski definition) is 3. The van der Waals surface area contributed by atoms with Gasteiger partial charge in [-0.25, -0.2) is 9.82 Å². The summed E-state index contributed by atoms with van der Waals surface area (Å²) < 4.78 is 57.1. The van der Waals surface area contributed by atoms with Gasteiger partial charge in [0.1, 0.15) is 17.6 Å². The van der Waals surface area contributed by atoms with Crippen molar-refractivity contribution in [3.8, 4) is 0 Å². The van der Waals surface area contributed by atoms with Crippen LogP contribution in [0.4, 0.5) is 17.6 Å². The molecular weight excluding hydrogens is 264 g/mol. The second kappa shape index (κ2) is 5.18. The zero-order chi connectivity index (χ0) is 14.0. The van der Waals surface area contributed by atoms with Gasteiger partial charge >= 0.3 is 6.18 Å². The van der Waals surface area contributed by atoms with Gasteiger partial charge in [-0.15, -0.1) is 0 Å². The largest absolute Gasteiger partial charge is 0.496 e. The van der Waals surface area contributed by atoms with Crippen molar-refractivity contribution >= 4 is 0 Å². The number of hydrogen-bond donors (Lipinski definition) is 2. The molecule has 0 radical (unpaired) electrons. The molecule has 0 bridgehead atoms. The van der Waals surface area contributed by atoms with E-state index < -0.39 is 23.6 Å². The number of ether oxygens (including phenoxy) is 1. The van der Waals surface area contributed by atoms with Crippen molar-refractivity contribution in [2.75, 3.05) is 6.61 Å². The topological polar surface area (TPSA) is 47.3 Å². The number of alkyl halides is 3. The SMILES string of the molecule is NNC(C1=CCCO1)c1cccc(C(F)(F)F)c1F. The van der Waals surface area contributed by atoms with E-state index in [4.69, 9.17) is 10.6 Å². The third kappa shape index (κ3) is 2.71. The molecule has 0 fully saturated rings. The summed E-state index contributed by atoms with van der Waals surface area (Å²) in [6.45, 7) is 0.411. The smallest absolute Gasteiger partial charge is 0.419 e. The highest BCUT2D eigenvalue weighted by Crippen LogP contribution is 2.35. The lowest BCUT2D eigenvalue weighted by Gasteiger charge is -2.20. The Hall–Kier alpha value is -1.60. The molecular formula is C12H12F4N2O. The molecule has 3 nitrogen and oxygen atoms in total. The molecule has 7 heteroatoms. The Kier molecular flexibility index (Phi) is 3.77. The Morgan fingerprint density at radius 2 is 2.05 bits per heavy atom. The Balaban J connectivity index is 2.44. The molecule has 1 aromatic carbocycles. The quantitative estimate of drug-likeness (QED) is 0.507. The summed E-state index contributed by atoms with van der Waals surface area (Å²) in [7, 11) is 0.